The summed E-state index contributed by atoms with van der Waals surface area (Å²) in [5, 5.41) is 33.6. The molecule has 0 aromatic heterocycles. The van der Waals surface area contributed by atoms with E-state index in [1.54, 1.807) is 0 Å². The Kier molecular flexibility index (Phi) is 12.9. The molecule has 4 unspecified atom stereocenters. The minimum atomic E-state index is -1.50. The molecule has 0 aromatic rings. The quantitative estimate of drug-likeness (QED) is 0.121. The molecule has 0 aromatic carbocycles. The monoisotopic (exact) mass is 433 g/mol. The van der Waals surface area contributed by atoms with Crippen molar-refractivity contribution in [1.29, 1.82) is 0 Å². The molecular formula is C17H31N5O8. The molecule has 0 heterocycles. The number of nitrogens with one attached hydrogen (secondary N) is 3. The minimum absolute atomic E-state index is 0.284. The zero-order valence-corrected chi connectivity index (χ0v) is 16.8. The largest absolute Gasteiger partial charge is 0.481 e. The predicted molar refractivity (Wildman–Crippen MR) is 104 cm³/mol. The smallest absolute Gasteiger partial charge is 0.325 e. The molecule has 3 amide bonds. The van der Waals surface area contributed by atoms with Crippen LogP contribution in [0.4, 0.5) is 0 Å². The first-order valence-corrected chi connectivity index (χ1v) is 9.45. The van der Waals surface area contributed by atoms with E-state index in [9.17, 15) is 29.1 Å². The van der Waals surface area contributed by atoms with Crippen LogP contribution in [0, 0.1) is 0 Å². The first-order chi connectivity index (χ1) is 14.0. The van der Waals surface area contributed by atoms with Crippen LogP contribution in [0.5, 0.6) is 0 Å². The van der Waals surface area contributed by atoms with E-state index < -0.39 is 66.9 Å². The van der Waals surface area contributed by atoms with Crippen LogP contribution in [0.25, 0.3) is 0 Å². The van der Waals surface area contributed by atoms with E-state index in [1.807, 2.05) is 0 Å². The summed E-state index contributed by atoms with van der Waals surface area (Å²) in [4.78, 5) is 58.4. The second kappa shape index (κ2) is 14.3. The molecule has 0 saturated heterocycles. The van der Waals surface area contributed by atoms with Gasteiger partial charge in [0.25, 0.3) is 0 Å². The average Bonchev–Trinajstić information content (AvgIpc) is 2.68. The van der Waals surface area contributed by atoms with Crippen molar-refractivity contribution in [2.24, 2.45) is 11.5 Å². The highest BCUT2D eigenvalue weighted by atomic mass is 16.4. The van der Waals surface area contributed by atoms with Crippen molar-refractivity contribution in [3.05, 3.63) is 0 Å². The van der Waals surface area contributed by atoms with E-state index in [4.69, 9.17) is 21.7 Å². The van der Waals surface area contributed by atoms with E-state index >= 15 is 0 Å². The molecule has 0 bridgehead atoms. The summed E-state index contributed by atoms with van der Waals surface area (Å²) in [5.74, 6) is -5.08. The van der Waals surface area contributed by atoms with Crippen molar-refractivity contribution in [2.45, 2.75) is 63.2 Å². The van der Waals surface area contributed by atoms with Gasteiger partial charge >= 0.3 is 11.9 Å². The Labute approximate surface area is 173 Å². The lowest BCUT2D eigenvalue weighted by Gasteiger charge is -2.23. The highest BCUT2D eigenvalue weighted by Crippen LogP contribution is 2.03. The van der Waals surface area contributed by atoms with Gasteiger partial charge in [-0.15, -0.1) is 0 Å². The molecule has 0 spiro atoms. The summed E-state index contributed by atoms with van der Waals surface area (Å²) >= 11 is 0. The van der Waals surface area contributed by atoms with Gasteiger partial charge in [0.1, 0.15) is 18.1 Å². The van der Waals surface area contributed by atoms with Crippen LogP contribution in [0.1, 0.15) is 39.0 Å². The van der Waals surface area contributed by atoms with E-state index in [-0.39, 0.29) is 6.42 Å². The first-order valence-electron chi connectivity index (χ1n) is 9.45. The molecule has 0 aliphatic carbocycles. The SMILES string of the molecule is CC(NC(=O)C(CO)NC(=O)C(CCC(=O)O)NC(=O)C(N)CCCCN)C(=O)O. The number of unbranched alkanes of at least 4 members (excludes halogenated alkanes) is 1. The average molecular weight is 433 g/mol. The molecular weight excluding hydrogens is 402 g/mol. The lowest BCUT2D eigenvalue weighted by Crippen LogP contribution is -2.57. The zero-order valence-electron chi connectivity index (χ0n) is 16.8. The third-order valence-electron chi connectivity index (χ3n) is 4.13. The maximum atomic E-state index is 12.5. The highest BCUT2D eigenvalue weighted by Gasteiger charge is 2.29. The van der Waals surface area contributed by atoms with Gasteiger partial charge in [0, 0.05) is 6.42 Å². The Morgan fingerprint density at radius 2 is 1.43 bits per heavy atom. The Hall–Kier alpha value is -2.77. The second-order valence-electron chi connectivity index (χ2n) is 6.70. The summed E-state index contributed by atoms with van der Waals surface area (Å²) in [6.45, 7) is 0.781. The maximum Gasteiger partial charge on any atom is 0.325 e. The van der Waals surface area contributed by atoms with Crippen LogP contribution in [0.3, 0.4) is 0 Å². The third kappa shape index (κ3) is 10.7. The highest BCUT2D eigenvalue weighted by molar-refractivity contribution is 5.94. The number of rotatable bonds is 15. The fourth-order valence-corrected chi connectivity index (χ4v) is 2.30. The molecule has 0 radical (unpaired) electrons. The zero-order chi connectivity index (χ0) is 23.3. The van der Waals surface area contributed by atoms with Crippen LogP contribution in [0.15, 0.2) is 0 Å². The Morgan fingerprint density at radius 1 is 0.867 bits per heavy atom. The van der Waals surface area contributed by atoms with Crippen LogP contribution >= 0.6 is 0 Å². The van der Waals surface area contributed by atoms with Gasteiger partial charge in [-0.3, -0.25) is 24.0 Å². The molecule has 0 fully saturated rings. The number of aliphatic carboxylic acids is 2. The molecule has 0 aliphatic heterocycles. The van der Waals surface area contributed by atoms with Gasteiger partial charge in [-0.1, -0.05) is 6.42 Å². The lowest BCUT2D eigenvalue weighted by molar-refractivity contribution is -0.142. The molecule has 30 heavy (non-hydrogen) atoms. The van der Waals surface area contributed by atoms with Crippen molar-refractivity contribution in [3.8, 4) is 0 Å². The number of nitrogens with two attached hydrogens (primary N) is 2. The Bertz CT molecular complexity index is 615. The number of hydrogen-bond acceptors (Lipinski definition) is 8. The molecule has 0 aliphatic rings. The molecule has 172 valence electrons. The predicted octanol–water partition coefficient (Wildman–Crippen LogP) is -3.14. The summed E-state index contributed by atoms with van der Waals surface area (Å²) in [5.41, 5.74) is 11.1. The standard InChI is InChI=1S/C17H31N5O8/c1-9(17(29)30)20-16(28)12(8-23)22-15(27)11(5-6-13(24)25)21-14(26)10(19)4-2-3-7-18/h9-12,23H,2-8,18-19H2,1H3,(H,20,28)(H,21,26)(H,22,27)(H,24,25)(H,29,30). The minimum Gasteiger partial charge on any atom is -0.481 e. The number of carbonyl (C=O) groups is 5. The molecule has 4 atom stereocenters. The van der Waals surface area contributed by atoms with Crippen LogP contribution in [0.2, 0.25) is 0 Å². The number of carboxylic acids is 2. The second-order valence-corrected chi connectivity index (χ2v) is 6.70. The van der Waals surface area contributed by atoms with Crippen LogP contribution < -0.4 is 27.4 Å². The van der Waals surface area contributed by atoms with Crippen molar-refractivity contribution >= 4 is 29.7 Å². The van der Waals surface area contributed by atoms with Gasteiger partial charge < -0.3 is 42.7 Å². The fourth-order valence-electron chi connectivity index (χ4n) is 2.30. The molecule has 13 heteroatoms. The molecule has 0 saturated carbocycles. The van der Waals surface area contributed by atoms with Crippen LogP contribution in [-0.2, 0) is 24.0 Å². The topological polar surface area (TPSA) is 234 Å². The fraction of sp³-hybridized carbons (Fsp3) is 0.706. The third-order valence-corrected chi connectivity index (χ3v) is 4.13. The summed E-state index contributed by atoms with van der Waals surface area (Å²) in [7, 11) is 0. The number of carboxylic acid groups (broad SMARTS) is 2. The van der Waals surface area contributed by atoms with Gasteiger partial charge in [-0.2, -0.15) is 0 Å². The van der Waals surface area contributed by atoms with E-state index in [0.29, 0.717) is 25.8 Å². The Morgan fingerprint density at radius 3 is 1.93 bits per heavy atom. The molecule has 0 rings (SSSR count). The molecule has 10 N–H and O–H groups in total. The van der Waals surface area contributed by atoms with Crippen molar-refractivity contribution < 1.29 is 39.3 Å². The van der Waals surface area contributed by atoms with Gasteiger partial charge in [-0.05, 0) is 32.7 Å². The summed E-state index contributed by atoms with van der Waals surface area (Å²) in [6, 6.07) is -5.03. The molecule has 13 nitrogen and oxygen atoms in total. The number of amides is 3. The van der Waals surface area contributed by atoms with E-state index in [1.165, 1.54) is 6.92 Å². The normalized spacial score (nSPS) is 14.7. The van der Waals surface area contributed by atoms with Gasteiger partial charge in [-0.25, -0.2) is 0 Å². The number of aliphatic hydroxyl groups is 1. The van der Waals surface area contributed by atoms with E-state index in [0.717, 1.165) is 0 Å². The summed E-state index contributed by atoms with van der Waals surface area (Å²) in [6.07, 6.45) is 0.823. The van der Waals surface area contributed by atoms with Gasteiger partial charge in [0.05, 0.1) is 12.6 Å². The summed E-state index contributed by atoms with van der Waals surface area (Å²) < 4.78 is 0. The Balaban J connectivity index is 5.09. The first kappa shape index (κ1) is 27.2. The van der Waals surface area contributed by atoms with Gasteiger partial charge in [0.2, 0.25) is 17.7 Å². The van der Waals surface area contributed by atoms with Crippen molar-refractivity contribution in [2.75, 3.05) is 13.2 Å². The van der Waals surface area contributed by atoms with Gasteiger partial charge in [0.15, 0.2) is 0 Å². The van der Waals surface area contributed by atoms with Crippen molar-refractivity contribution in [3.63, 3.8) is 0 Å². The number of aliphatic hydroxyl groups excluding tert-OH is 1. The lowest BCUT2D eigenvalue weighted by atomic mass is 10.1. The van der Waals surface area contributed by atoms with Crippen LogP contribution in [-0.4, -0.2) is 82.3 Å². The number of carbonyl (C=O) groups excluding carboxylic acids is 3. The van der Waals surface area contributed by atoms with E-state index in [2.05, 4.69) is 16.0 Å². The number of hydrogen-bond donors (Lipinski definition) is 8. The maximum absolute atomic E-state index is 12.5. The van der Waals surface area contributed by atoms with Crippen molar-refractivity contribution in [1.82, 2.24) is 16.0 Å².